The maximum Gasteiger partial charge on any atom is 0.0584 e. The van der Waals surface area contributed by atoms with Gasteiger partial charge in [0.15, 0.2) is 0 Å². The Morgan fingerprint density at radius 2 is 2.00 bits per heavy atom. The van der Waals surface area contributed by atoms with E-state index in [0.29, 0.717) is 11.5 Å². The standard InChI is InChI=1S/C10H20N2S/c1-9(2,13)12-6-5-10(3-4-10)8(11)7-12/h8,13H,3-7,11H2,1-2H3. The summed E-state index contributed by atoms with van der Waals surface area (Å²) in [5.74, 6) is 0. The molecule has 3 heteroatoms. The van der Waals surface area contributed by atoms with Crippen LogP contribution in [0.15, 0.2) is 0 Å². The van der Waals surface area contributed by atoms with Crippen LogP contribution in [0.5, 0.6) is 0 Å². The first kappa shape index (κ1) is 9.81. The number of nitrogens with two attached hydrogens (primary N) is 1. The van der Waals surface area contributed by atoms with Gasteiger partial charge in [-0.1, -0.05) is 0 Å². The molecular formula is C10H20N2S. The molecule has 0 aromatic carbocycles. The molecule has 1 spiro atoms. The van der Waals surface area contributed by atoms with E-state index in [2.05, 4.69) is 31.4 Å². The van der Waals surface area contributed by atoms with E-state index in [1.54, 1.807) is 0 Å². The summed E-state index contributed by atoms with van der Waals surface area (Å²) in [6, 6.07) is 0.382. The SMILES string of the molecule is CC(C)(S)N1CCC2(CC2)C(N)C1. The number of hydrogen-bond donors (Lipinski definition) is 2. The monoisotopic (exact) mass is 200 g/mol. The molecule has 2 N–H and O–H groups in total. The number of rotatable bonds is 1. The van der Waals surface area contributed by atoms with Crippen LogP contribution in [-0.4, -0.2) is 28.9 Å². The first-order valence-corrected chi connectivity index (χ1v) is 5.62. The van der Waals surface area contributed by atoms with Crippen LogP contribution in [0.3, 0.4) is 0 Å². The van der Waals surface area contributed by atoms with Crippen molar-refractivity contribution < 1.29 is 0 Å². The smallest absolute Gasteiger partial charge is 0.0584 e. The average Bonchev–Trinajstić information content (AvgIpc) is 2.74. The number of nitrogens with zero attached hydrogens (tertiary/aromatic N) is 1. The predicted molar refractivity (Wildman–Crippen MR) is 58.9 cm³/mol. The van der Waals surface area contributed by atoms with Crippen LogP contribution in [-0.2, 0) is 0 Å². The fourth-order valence-corrected chi connectivity index (χ4v) is 2.53. The summed E-state index contributed by atoms with van der Waals surface area (Å²) < 4.78 is 0. The molecule has 2 nitrogen and oxygen atoms in total. The van der Waals surface area contributed by atoms with Crippen LogP contribution in [0.2, 0.25) is 0 Å². The average molecular weight is 200 g/mol. The molecule has 2 aliphatic rings. The van der Waals surface area contributed by atoms with Gasteiger partial charge < -0.3 is 5.73 Å². The number of hydrogen-bond acceptors (Lipinski definition) is 3. The van der Waals surface area contributed by atoms with Crippen molar-refractivity contribution in [2.45, 2.75) is 44.0 Å². The minimum atomic E-state index is -0.00583. The van der Waals surface area contributed by atoms with E-state index in [-0.39, 0.29) is 4.87 Å². The van der Waals surface area contributed by atoms with E-state index < -0.39 is 0 Å². The molecule has 1 atom stereocenters. The Morgan fingerprint density at radius 3 is 2.38 bits per heavy atom. The van der Waals surface area contributed by atoms with Gasteiger partial charge in [0.2, 0.25) is 0 Å². The van der Waals surface area contributed by atoms with Crippen LogP contribution >= 0.6 is 12.6 Å². The van der Waals surface area contributed by atoms with E-state index in [1.807, 2.05) is 0 Å². The quantitative estimate of drug-likeness (QED) is 0.628. The summed E-state index contributed by atoms with van der Waals surface area (Å²) in [5, 5.41) is 0. The lowest BCUT2D eigenvalue weighted by atomic mass is 9.88. The largest absolute Gasteiger partial charge is 0.326 e. The zero-order chi connectivity index (χ0) is 9.69. The molecule has 1 saturated heterocycles. The van der Waals surface area contributed by atoms with Gasteiger partial charge in [0.1, 0.15) is 0 Å². The van der Waals surface area contributed by atoms with Gasteiger partial charge in [-0.3, -0.25) is 4.90 Å². The lowest BCUT2D eigenvalue weighted by Crippen LogP contribution is -2.54. The third kappa shape index (κ3) is 1.74. The third-order valence-corrected chi connectivity index (χ3v) is 4.03. The van der Waals surface area contributed by atoms with Crippen molar-refractivity contribution in [1.29, 1.82) is 0 Å². The Labute approximate surface area is 86.3 Å². The molecule has 0 radical (unpaired) electrons. The molecule has 1 unspecified atom stereocenters. The fourth-order valence-electron chi connectivity index (χ4n) is 2.34. The van der Waals surface area contributed by atoms with E-state index in [0.717, 1.165) is 6.54 Å². The number of likely N-dealkylation sites (tertiary alicyclic amines) is 1. The Hall–Kier alpha value is 0.270. The molecule has 0 aromatic rings. The van der Waals surface area contributed by atoms with Crippen molar-refractivity contribution in [2.75, 3.05) is 13.1 Å². The first-order valence-electron chi connectivity index (χ1n) is 5.17. The lowest BCUT2D eigenvalue weighted by molar-refractivity contribution is 0.104. The van der Waals surface area contributed by atoms with E-state index in [1.165, 1.54) is 25.8 Å². The zero-order valence-electron chi connectivity index (χ0n) is 8.58. The minimum absolute atomic E-state index is 0.00583. The van der Waals surface area contributed by atoms with Crippen LogP contribution in [0.1, 0.15) is 33.1 Å². The van der Waals surface area contributed by atoms with E-state index >= 15 is 0 Å². The van der Waals surface area contributed by atoms with Gasteiger partial charge in [-0.05, 0) is 38.5 Å². The van der Waals surface area contributed by atoms with Crippen molar-refractivity contribution in [1.82, 2.24) is 4.90 Å². The molecule has 1 aliphatic heterocycles. The highest BCUT2D eigenvalue weighted by Crippen LogP contribution is 2.53. The first-order chi connectivity index (χ1) is 5.94. The summed E-state index contributed by atoms with van der Waals surface area (Å²) in [5.41, 5.74) is 6.72. The van der Waals surface area contributed by atoms with Crippen molar-refractivity contribution in [3.05, 3.63) is 0 Å². The molecule has 76 valence electrons. The number of piperidine rings is 1. The van der Waals surface area contributed by atoms with Crippen LogP contribution in [0, 0.1) is 5.41 Å². The molecule has 0 amide bonds. The third-order valence-electron chi connectivity index (χ3n) is 3.75. The van der Waals surface area contributed by atoms with E-state index in [4.69, 9.17) is 5.73 Å². The van der Waals surface area contributed by atoms with Gasteiger partial charge in [-0.15, -0.1) is 0 Å². The van der Waals surface area contributed by atoms with Crippen molar-refractivity contribution >= 4 is 12.6 Å². The minimum Gasteiger partial charge on any atom is -0.326 e. The van der Waals surface area contributed by atoms with Gasteiger partial charge >= 0.3 is 0 Å². The van der Waals surface area contributed by atoms with Crippen LogP contribution in [0.4, 0.5) is 0 Å². The van der Waals surface area contributed by atoms with Crippen molar-refractivity contribution in [3.63, 3.8) is 0 Å². The van der Waals surface area contributed by atoms with Crippen LogP contribution in [0.25, 0.3) is 0 Å². The maximum atomic E-state index is 6.19. The molecule has 13 heavy (non-hydrogen) atoms. The zero-order valence-corrected chi connectivity index (χ0v) is 9.48. The maximum absolute atomic E-state index is 6.19. The second kappa shape index (κ2) is 2.88. The fraction of sp³-hybridized carbons (Fsp3) is 1.00. The Kier molecular flexibility index (Phi) is 2.17. The molecule has 2 rings (SSSR count). The summed E-state index contributed by atoms with van der Waals surface area (Å²) in [7, 11) is 0. The highest BCUT2D eigenvalue weighted by molar-refractivity contribution is 7.81. The second-order valence-electron chi connectivity index (χ2n) is 5.16. The summed E-state index contributed by atoms with van der Waals surface area (Å²) in [4.78, 5) is 2.39. The molecular weight excluding hydrogens is 180 g/mol. The highest BCUT2D eigenvalue weighted by atomic mass is 32.1. The molecule has 1 aliphatic carbocycles. The predicted octanol–water partition coefficient (Wildman–Crippen LogP) is 1.47. The summed E-state index contributed by atoms with van der Waals surface area (Å²) in [6.07, 6.45) is 3.99. The highest BCUT2D eigenvalue weighted by Gasteiger charge is 2.51. The van der Waals surface area contributed by atoms with E-state index in [9.17, 15) is 0 Å². The van der Waals surface area contributed by atoms with Crippen molar-refractivity contribution in [3.8, 4) is 0 Å². The van der Waals surface area contributed by atoms with Gasteiger partial charge in [-0.2, -0.15) is 12.6 Å². The molecule has 1 saturated carbocycles. The second-order valence-corrected chi connectivity index (χ2v) is 6.25. The Bertz CT molecular complexity index is 205. The topological polar surface area (TPSA) is 29.3 Å². The molecule has 1 heterocycles. The van der Waals surface area contributed by atoms with Gasteiger partial charge in [-0.25, -0.2) is 0 Å². The van der Waals surface area contributed by atoms with Crippen molar-refractivity contribution in [2.24, 2.45) is 11.1 Å². The molecule has 0 aromatic heterocycles. The summed E-state index contributed by atoms with van der Waals surface area (Å²) >= 11 is 4.59. The number of thiol groups is 1. The van der Waals surface area contributed by atoms with Crippen LogP contribution < -0.4 is 5.73 Å². The van der Waals surface area contributed by atoms with Gasteiger partial charge in [0, 0.05) is 19.1 Å². The Morgan fingerprint density at radius 1 is 1.38 bits per heavy atom. The lowest BCUT2D eigenvalue weighted by Gasteiger charge is -2.43. The van der Waals surface area contributed by atoms with Gasteiger partial charge in [0.25, 0.3) is 0 Å². The Balaban J connectivity index is 1.99. The normalized spacial score (nSPS) is 33.7. The molecule has 2 fully saturated rings. The summed E-state index contributed by atoms with van der Waals surface area (Å²) in [6.45, 7) is 6.49. The van der Waals surface area contributed by atoms with Gasteiger partial charge in [0.05, 0.1) is 4.87 Å². The molecule has 0 bridgehead atoms.